The van der Waals surface area contributed by atoms with E-state index < -0.39 is 0 Å². The van der Waals surface area contributed by atoms with Crippen molar-refractivity contribution in [3.63, 3.8) is 0 Å². The molecule has 1 atom stereocenters. The van der Waals surface area contributed by atoms with E-state index in [-0.39, 0.29) is 5.91 Å². The molecule has 0 aliphatic carbocycles. The molecule has 0 fully saturated rings. The molecule has 130 valence electrons. The Morgan fingerprint density at radius 3 is 3.21 bits per heavy atom. The van der Waals surface area contributed by atoms with Gasteiger partial charge in [-0.3, -0.25) is 9.69 Å². The predicted octanol–water partition coefficient (Wildman–Crippen LogP) is 1.73. The largest absolute Gasteiger partial charge is 0.383 e. The number of ether oxygens (including phenoxy) is 1. The van der Waals surface area contributed by atoms with Gasteiger partial charge >= 0.3 is 0 Å². The summed E-state index contributed by atoms with van der Waals surface area (Å²) in [5, 5.41) is 6.06. The van der Waals surface area contributed by atoms with Crippen LogP contribution in [0.3, 0.4) is 0 Å². The number of amides is 1. The number of aromatic nitrogens is 2. The van der Waals surface area contributed by atoms with Crippen molar-refractivity contribution >= 4 is 17.2 Å². The molecule has 2 aromatic heterocycles. The fourth-order valence-corrected chi connectivity index (χ4v) is 3.82. The zero-order valence-electron chi connectivity index (χ0n) is 14.0. The summed E-state index contributed by atoms with van der Waals surface area (Å²) in [6.07, 6.45) is 4.50. The second kappa shape index (κ2) is 8.41. The number of thiazole rings is 1. The average Bonchev–Trinajstić information content (AvgIpc) is 3.17. The Hall–Kier alpha value is -1.70. The van der Waals surface area contributed by atoms with E-state index >= 15 is 0 Å². The topological polar surface area (TPSA) is 59.4 Å². The minimum absolute atomic E-state index is 0.0989. The summed E-state index contributed by atoms with van der Waals surface area (Å²) in [5.41, 5.74) is 1.30. The SMILES string of the molecule is COCCNC(=O)C[C@@H]1CN(Cc2nccs2)Cc2cccn2C1. The van der Waals surface area contributed by atoms with E-state index in [4.69, 9.17) is 4.74 Å². The molecular weight excluding hydrogens is 324 g/mol. The van der Waals surface area contributed by atoms with Gasteiger partial charge in [-0.15, -0.1) is 11.3 Å². The highest BCUT2D eigenvalue weighted by molar-refractivity contribution is 7.09. The lowest BCUT2D eigenvalue weighted by Crippen LogP contribution is -2.33. The maximum absolute atomic E-state index is 12.2. The van der Waals surface area contributed by atoms with Gasteiger partial charge in [-0.2, -0.15) is 0 Å². The Kier molecular flexibility index (Phi) is 6.01. The van der Waals surface area contributed by atoms with Gasteiger partial charge in [0.1, 0.15) is 5.01 Å². The third-order valence-corrected chi connectivity index (χ3v) is 4.99. The van der Waals surface area contributed by atoms with E-state index in [1.807, 2.05) is 11.6 Å². The molecule has 0 unspecified atom stereocenters. The van der Waals surface area contributed by atoms with Gasteiger partial charge in [0, 0.05) is 63.2 Å². The van der Waals surface area contributed by atoms with E-state index in [0.717, 1.165) is 31.2 Å². The number of nitrogens with one attached hydrogen (secondary N) is 1. The standard InChI is InChI=1S/C17H24N4O2S/c1-23-7-4-18-16(22)9-14-10-20(13-17-19-5-8-24-17)12-15-3-2-6-21(15)11-14/h2-3,5-6,8,14H,4,7,9-13H2,1H3,(H,18,22)/t14-/m1/s1. The molecule has 0 aromatic carbocycles. The van der Waals surface area contributed by atoms with Crippen molar-refractivity contribution in [3.8, 4) is 0 Å². The zero-order valence-corrected chi connectivity index (χ0v) is 14.8. The normalized spacial score (nSPS) is 18.1. The smallest absolute Gasteiger partial charge is 0.220 e. The highest BCUT2D eigenvalue weighted by atomic mass is 32.1. The average molecular weight is 348 g/mol. The van der Waals surface area contributed by atoms with Crippen LogP contribution in [0.1, 0.15) is 17.1 Å². The van der Waals surface area contributed by atoms with E-state index in [1.54, 1.807) is 18.4 Å². The summed E-state index contributed by atoms with van der Waals surface area (Å²) >= 11 is 1.68. The lowest BCUT2D eigenvalue weighted by Gasteiger charge is -2.22. The number of methoxy groups -OCH3 is 1. The van der Waals surface area contributed by atoms with Crippen molar-refractivity contribution in [2.75, 3.05) is 26.8 Å². The molecule has 1 aliphatic heterocycles. The highest BCUT2D eigenvalue weighted by Gasteiger charge is 2.24. The summed E-state index contributed by atoms with van der Waals surface area (Å²) < 4.78 is 7.25. The lowest BCUT2D eigenvalue weighted by atomic mass is 10.0. The first-order chi connectivity index (χ1) is 11.7. The first-order valence-corrected chi connectivity index (χ1v) is 9.13. The van der Waals surface area contributed by atoms with Crippen LogP contribution in [0.25, 0.3) is 0 Å². The summed E-state index contributed by atoms with van der Waals surface area (Å²) in [6, 6.07) is 4.24. The van der Waals surface area contributed by atoms with Crippen molar-refractivity contribution in [1.29, 1.82) is 0 Å². The third kappa shape index (κ3) is 4.66. The Labute approximate surface area is 146 Å². The molecule has 1 amide bonds. The van der Waals surface area contributed by atoms with Crippen molar-refractivity contribution in [2.45, 2.75) is 26.1 Å². The van der Waals surface area contributed by atoms with Crippen LogP contribution in [0.2, 0.25) is 0 Å². The maximum Gasteiger partial charge on any atom is 0.220 e. The number of rotatable bonds is 7. The van der Waals surface area contributed by atoms with Crippen LogP contribution in [-0.4, -0.2) is 47.2 Å². The minimum Gasteiger partial charge on any atom is -0.383 e. The Balaban J connectivity index is 1.64. The quantitative estimate of drug-likeness (QED) is 0.774. The minimum atomic E-state index is 0.0989. The Morgan fingerprint density at radius 2 is 2.42 bits per heavy atom. The molecule has 24 heavy (non-hydrogen) atoms. The van der Waals surface area contributed by atoms with E-state index in [0.29, 0.717) is 25.5 Å². The van der Waals surface area contributed by atoms with Crippen LogP contribution >= 0.6 is 11.3 Å². The molecule has 0 bridgehead atoms. The summed E-state index contributed by atoms with van der Waals surface area (Å²) in [5.74, 6) is 0.392. The molecule has 1 aliphatic rings. The molecule has 3 heterocycles. The van der Waals surface area contributed by atoms with Gasteiger partial charge in [0.25, 0.3) is 0 Å². The molecule has 3 rings (SSSR count). The molecule has 2 aromatic rings. The Bertz CT molecular complexity index is 641. The first-order valence-electron chi connectivity index (χ1n) is 8.25. The monoisotopic (exact) mass is 348 g/mol. The number of hydrogen-bond donors (Lipinski definition) is 1. The fourth-order valence-electron chi connectivity index (χ4n) is 3.16. The van der Waals surface area contributed by atoms with Crippen LogP contribution in [-0.2, 0) is 29.2 Å². The van der Waals surface area contributed by atoms with Crippen molar-refractivity contribution < 1.29 is 9.53 Å². The van der Waals surface area contributed by atoms with Crippen LogP contribution in [0.15, 0.2) is 29.9 Å². The number of hydrogen-bond acceptors (Lipinski definition) is 5. The van der Waals surface area contributed by atoms with Gasteiger partial charge in [-0.05, 0) is 18.1 Å². The van der Waals surface area contributed by atoms with Crippen molar-refractivity contribution in [3.05, 3.63) is 40.6 Å². The van der Waals surface area contributed by atoms with Crippen molar-refractivity contribution in [1.82, 2.24) is 19.8 Å². The van der Waals surface area contributed by atoms with E-state index in [9.17, 15) is 4.79 Å². The molecule has 0 saturated heterocycles. The van der Waals surface area contributed by atoms with Crippen LogP contribution < -0.4 is 5.32 Å². The summed E-state index contributed by atoms with van der Waals surface area (Å²) in [4.78, 5) is 19.0. The van der Waals surface area contributed by atoms with Crippen LogP contribution in [0.4, 0.5) is 0 Å². The number of fused-ring (bicyclic) bond motifs is 1. The molecule has 0 spiro atoms. The summed E-state index contributed by atoms with van der Waals surface area (Å²) in [6.45, 7) is 4.64. The molecule has 1 N–H and O–H groups in total. The zero-order chi connectivity index (χ0) is 16.8. The number of nitrogens with zero attached hydrogens (tertiary/aromatic N) is 3. The van der Waals surface area contributed by atoms with E-state index in [2.05, 4.69) is 38.1 Å². The second-order valence-electron chi connectivity index (χ2n) is 6.16. The van der Waals surface area contributed by atoms with Gasteiger partial charge < -0.3 is 14.6 Å². The van der Waals surface area contributed by atoms with Gasteiger partial charge in [-0.1, -0.05) is 0 Å². The lowest BCUT2D eigenvalue weighted by molar-refractivity contribution is -0.122. The van der Waals surface area contributed by atoms with Gasteiger partial charge in [0.15, 0.2) is 0 Å². The van der Waals surface area contributed by atoms with Gasteiger partial charge in [-0.25, -0.2) is 4.98 Å². The van der Waals surface area contributed by atoms with Crippen LogP contribution in [0, 0.1) is 5.92 Å². The fraction of sp³-hybridized carbons (Fsp3) is 0.529. The van der Waals surface area contributed by atoms with Gasteiger partial charge in [0.05, 0.1) is 13.2 Å². The first kappa shape index (κ1) is 17.1. The van der Waals surface area contributed by atoms with Crippen LogP contribution in [0.5, 0.6) is 0 Å². The number of carbonyl (C=O) groups excluding carboxylic acids is 1. The maximum atomic E-state index is 12.2. The third-order valence-electron chi connectivity index (χ3n) is 4.23. The molecule has 0 saturated carbocycles. The predicted molar refractivity (Wildman–Crippen MR) is 93.7 cm³/mol. The number of carbonyl (C=O) groups is 1. The van der Waals surface area contributed by atoms with E-state index in [1.165, 1.54) is 5.69 Å². The second-order valence-corrected chi connectivity index (χ2v) is 7.14. The Morgan fingerprint density at radius 1 is 1.50 bits per heavy atom. The molecule has 0 radical (unpaired) electrons. The molecular formula is C17H24N4O2S. The van der Waals surface area contributed by atoms with Gasteiger partial charge in [0.2, 0.25) is 5.91 Å². The molecule has 7 heteroatoms. The summed E-state index contributed by atoms with van der Waals surface area (Å²) in [7, 11) is 1.64. The molecule has 6 nitrogen and oxygen atoms in total. The van der Waals surface area contributed by atoms with Crippen molar-refractivity contribution in [2.24, 2.45) is 5.92 Å². The highest BCUT2D eigenvalue weighted by Crippen LogP contribution is 2.21.